The van der Waals surface area contributed by atoms with Gasteiger partial charge in [0, 0.05) is 37.2 Å². The van der Waals surface area contributed by atoms with Crippen molar-refractivity contribution in [2.24, 2.45) is 5.92 Å². The fourth-order valence-electron chi connectivity index (χ4n) is 2.04. The van der Waals surface area contributed by atoms with E-state index in [9.17, 15) is 17.4 Å². The van der Waals surface area contributed by atoms with Crippen molar-refractivity contribution in [1.82, 2.24) is 9.62 Å². The van der Waals surface area contributed by atoms with Gasteiger partial charge in [-0.05, 0) is 37.0 Å². The summed E-state index contributed by atoms with van der Waals surface area (Å²) in [6, 6.07) is 6.35. The van der Waals surface area contributed by atoms with E-state index in [-0.39, 0.29) is 16.6 Å². The summed E-state index contributed by atoms with van der Waals surface area (Å²) in [6.07, 6.45) is 0.871. The van der Waals surface area contributed by atoms with Crippen LogP contribution in [-0.4, -0.2) is 48.7 Å². The normalized spacial score (nSPS) is 14.5. The first-order valence-corrected chi connectivity index (χ1v) is 11.0. The fraction of sp³-hybridized carbons (Fsp3) is 0.588. The van der Waals surface area contributed by atoms with Gasteiger partial charge in [0.1, 0.15) is 5.25 Å². The molecule has 0 aliphatic rings. The number of benzene rings is 1. The van der Waals surface area contributed by atoms with Gasteiger partial charge in [0.05, 0.1) is 4.90 Å². The number of amides is 1. The summed E-state index contributed by atoms with van der Waals surface area (Å²) < 4.78 is 37.9. The first-order valence-electron chi connectivity index (χ1n) is 8.22. The van der Waals surface area contributed by atoms with E-state index >= 15 is 0 Å². The van der Waals surface area contributed by atoms with E-state index in [1.165, 1.54) is 26.2 Å². The van der Waals surface area contributed by atoms with E-state index in [0.29, 0.717) is 18.0 Å². The molecule has 25 heavy (non-hydrogen) atoms. The molecular formula is C17H28N2O4S2. The predicted octanol–water partition coefficient (Wildman–Crippen LogP) is 1.74. The lowest BCUT2D eigenvalue weighted by molar-refractivity contribution is -0.120. The van der Waals surface area contributed by atoms with Crippen LogP contribution in [-0.2, 0) is 31.4 Å². The summed E-state index contributed by atoms with van der Waals surface area (Å²) in [5.74, 6) is 0.383. The highest BCUT2D eigenvalue weighted by Crippen LogP contribution is 2.17. The van der Waals surface area contributed by atoms with Gasteiger partial charge < -0.3 is 5.32 Å². The standard InChI is InChI=1S/C17H28N2O4S2/c1-13(2)9-10-18-17(20)14(3)24(21)12-15-7-6-8-16(11-15)25(22,23)19(4)5/h6-8,11,13-14H,9-10,12H2,1-5H3,(H,18,20). The van der Waals surface area contributed by atoms with Crippen LogP contribution in [0.2, 0.25) is 0 Å². The quantitative estimate of drug-likeness (QED) is 0.698. The van der Waals surface area contributed by atoms with Crippen molar-refractivity contribution in [3.05, 3.63) is 29.8 Å². The van der Waals surface area contributed by atoms with Gasteiger partial charge in [-0.2, -0.15) is 0 Å². The van der Waals surface area contributed by atoms with Gasteiger partial charge in [-0.1, -0.05) is 26.0 Å². The maximum absolute atomic E-state index is 12.4. The number of hydrogen-bond donors (Lipinski definition) is 1. The third kappa shape index (κ3) is 6.52. The third-order valence-corrected chi connectivity index (χ3v) is 7.20. The number of hydrogen-bond acceptors (Lipinski definition) is 4. The SMILES string of the molecule is CC(C)CCNC(=O)C(C)S(=O)Cc1cccc(S(=O)(=O)N(C)C)c1. The Bertz CT molecular complexity index is 715. The average molecular weight is 389 g/mol. The van der Waals surface area contributed by atoms with Crippen LogP contribution in [0.3, 0.4) is 0 Å². The van der Waals surface area contributed by atoms with E-state index in [1.54, 1.807) is 19.1 Å². The summed E-state index contributed by atoms with van der Waals surface area (Å²) in [4.78, 5) is 12.2. The van der Waals surface area contributed by atoms with Crippen molar-refractivity contribution in [2.45, 2.75) is 43.1 Å². The van der Waals surface area contributed by atoms with Crippen molar-refractivity contribution < 1.29 is 17.4 Å². The Kier molecular flexibility index (Phi) is 8.24. The summed E-state index contributed by atoms with van der Waals surface area (Å²) >= 11 is 0. The molecule has 0 saturated heterocycles. The highest BCUT2D eigenvalue weighted by Gasteiger charge is 2.21. The molecular weight excluding hydrogens is 360 g/mol. The Labute approximate surface area is 153 Å². The molecule has 1 rings (SSSR count). The van der Waals surface area contributed by atoms with Gasteiger partial charge in [-0.15, -0.1) is 0 Å². The van der Waals surface area contributed by atoms with Crippen molar-refractivity contribution in [1.29, 1.82) is 0 Å². The molecule has 2 atom stereocenters. The lowest BCUT2D eigenvalue weighted by Crippen LogP contribution is -2.36. The number of nitrogens with zero attached hydrogens (tertiary/aromatic N) is 1. The molecule has 0 aliphatic carbocycles. The summed E-state index contributed by atoms with van der Waals surface area (Å²) in [5, 5.41) is 2.14. The van der Waals surface area contributed by atoms with Gasteiger partial charge in [-0.3, -0.25) is 9.00 Å². The molecule has 2 unspecified atom stereocenters. The zero-order valence-corrected chi connectivity index (χ0v) is 17.1. The Morgan fingerprint density at radius 1 is 1.24 bits per heavy atom. The second-order valence-electron chi connectivity index (χ2n) is 6.58. The minimum atomic E-state index is -3.54. The Balaban J connectivity index is 2.75. The number of carbonyl (C=O) groups is 1. The van der Waals surface area contributed by atoms with Crippen molar-refractivity contribution in [3.8, 4) is 0 Å². The molecule has 1 N–H and O–H groups in total. The van der Waals surface area contributed by atoms with Gasteiger partial charge in [-0.25, -0.2) is 12.7 Å². The number of rotatable bonds is 9. The Morgan fingerprint density at radius 3 is 2.44 bits per heavy atom. The first kappa shape index (κ1) is 21.8. The lowest BCUT2D eigenvalue weighted by atomic mass is 10.1. The average Bonchev–Trinajstić information content (AvgIpc) is 2.53. The van der Waals surface area contributed by atoms with Gasteiger partial charge in [0.2, 0.25) is 15.9 Å². The summed E-state index contributed by atoms with van der Waals surface area (Å²) in [7, 11) is -2.04. The van der Waals surface area contributed by atoms with Gasteiger partial charge in [0.15, 0.2) is 0 Å². The molecule has 8 heteroatoms. The van der Waals surface area contributed by atoms with Gasteiger partial charge in [0.25, 0.3) is 0 Å². The smallest absolute Gasteiger partial charge is 0.242 e. The molecule has 0 radical (unpaired) electrons. The van der Waals surface area contributed by atoms with Crippen LogP contribution in [0.25, 0.3) is 0 Å². The molecule has 6 nitrogen and oxygen atoms in total. The van der Waals surface area contributed by atoms with E-state index in [1.807, 2.05) is 0 Å². The van der Waals surface area contributed by atoms with Crippen LogP contribution in [0.4, 0.5) is 0 Å². The minimum Gasteiger partial charge on any atom is -0.355 e. The van der Waals surface area contributed by atoms with E-state index < -0.39 is 26.1 Å². The zero-order chi connectivity index (χ0) is 19.2. The van der Waals surface area contributed by atoms with E-state index in [2.05, 4.69) is 19.2 Å². The predicted molar refractivity (Wildman–Crippen MR) is 101 cm³/mol. The molecule has 0 heterocycles. The minimum absolute atomic E-state index is 0.134. The zero-order valence-electron chi connectivity index (χ0n) is 15.5. The van der Waals surface area contributed by atoms with Crippen LogP contribution in [0.5, 0.6) is 0 Å². The molecule has 0 saturated carbocycles. The third-order valence-electron chi connectivity index (χ3n) is 3.77. The van der Waals surface area contributed by atoms with Crippen LogP contribution in [0.1, 0.15) is 32.8 Å². The first-order chi connectivity index (χ1) is 11.6. The molecule has 142 valence electrons. The maximum Gasteiger partial charge on any atom is 0.242 e. The topological polar surface area (TPSA) is 83.5 Å². The number of carbonyl (C=O) groups excluding carboxylic acids is 1. The number of sulfonamides is 1. The summed E-state index contributed by atoms with van der Waals surface area (Å²) in [5.41, 5.74) is 0.628. The monoisotopic (exact) mass is 388 g/mol. The molecule has 1 aromatic rings. The van der Waals surface area contributed by atoms with E-state index in [0.717, 1.165) is 10.7 Å². The van der Waals surface area contributed by atoms with Crippen LogP contribution < -0.4 is 5.32 Å². The Morgan fingerprint density at radius 2 is 1.88 bits per heavy atom. The van der Waals surface area contributed by atoms with Crippen LogP contribution in [0, 0.1) is 5.92 Å². The maximum atomic E-state index is 12.4. The molecule has 0 spiro atoms. The van der Waals surface area contributed by atoms with Crippen LogP contribution >= 0.6 is 0 Å². The molecule has 1 aromatic carbocycles. The van der Waals surface area contributed by atoms with Crippen LogP contribution in [0.15, 0.2) is 29.2 Å². The second kappa shape index (κ2) is 9.45. The molecule has 0 aromatic heterocycles. The molecule has 0 fully saturated rings. The van der Waals surface area contributed by atoms with Crippen molar-refractivity contribution in [2.75, 3.05) is 20.6 Å². The molecule has 1 amide bonds. The van der Waals surface area contributed by atoms with Crippen molar-refractivity contribution >= 4 is 26.7 Å². The highest BCUT2D eigenvalue weighted by molar-refractivity contribution is 7.89. The largest absolute Gasteiger partial charge is 0.355 e. The molecule has 0 aliphatic heterocycles. The van der Waals surface area contributed by atoms with Crippen molar-refractivity contribution in [3.63, 3.8) is 0 Å². The summed E-state index contributed by atoms with van der Waals surface area (Å²) in [6.45, 7) is 6.33. The second-order valence-corrected chi connectivity index (χ2v) is 10.5. The molecule has 0 bridgehead atoms. The van der Waals surface area contributed by atoms with Gasteiger partial charge >= 0.3 is 0 Å². The fourth-order valence-corrected chi connectivity index (χ4v) is 4.10. The van der Waals surface area contributed by atoms with E-state index in [4.69, 9.17) is 0 Å². The Hall–Kier alpha value is -1.25. The number of nitrogens with one attached hydrogen (secondary N) is 1. The highest BCUT2D eigenvalue weighted by atomic mass is 32.2. The lowest BCUT2D eigenvalue weighted by Gasteiger charge is -2.14.